The number of aryl methyl sites for hydroxylation is 1. The van der Waals surface area contributed by atoms with Crippen molar-refractivity contribution in [2.75, 3.05) is 5.32 Å². The summed E-state index contributed by atoms with van der Waals surface area (Å²) in [4.78, 5) is 38.0. The standard InChI is InChI=1S/C20H20ClN3O3/c1-3-9-23-19(26)16-8-7-14(21)11-17(16)24(20(23)27)12-18(25)22-15-6-4-5-13(2)10-15/h4-8,10-11H,3,9,12H2,1-2H3,(H,22,25). The van der Waals surface area contributed by atoms with E-state index in [1.807, 2.05) is 32.0 Å². The summed E-state index contributed by atoms with van der Waals surface area (Å²) in [5.41, 5.74) is 1.13. The van der Waals surface area contributed by atoms with Crippen LogP contribution in [0.4, 0.5) is 5.69 Å². The van der Waals surface area contributed by atoms with Crippen molar-refractivity contribution in [1.29, 1.82) is 0 Å². The molecule has 140 valence electrons. The van der Waals surface area contributed by atoms with Crippen molar-refractivity contribution in [1.82, 2.24) is 9.13 Å². The molecule has 0 unspecified atom stereocenters. The van der Waals surface area contributed by atoms with Gasteiger partial charge in [-0.25, -0.2) is 4.79 Å². The summed E-state index contributed by atoms with van der Waals surface area (Å²) in [7, 11) is 0. The summed E-state index contributed by atoms with van der Waals surface area (Å²) < 4.78 is 2.46. The molecule has 1 aromatic heterocycles. The average molecular weight is 386 g/mol. The van der Waals surface area contributed by atoms with Crippen molar-refractivity contribution in [3.8, 4) is 0 Å². The number of rotatable bonds is 5. The van der Waals surface area contributed by atoms with Crippen LogP contribution < -0.4 is 16.6 Å². The van der Waals surface area contributed by atoms with E-state index in [1.54, 1.807) is 18.2 Å². The average Bonchev–Trinajstić information content (AvgIpc) is 2.62. The van der Waals surface area contributed by atoms with Gasteiger partial charge in [0.2, 0.25) is 5.91 Å². The lowest BCUT2D eigenvalue weighted by molar-refractivity contribution is -0.116. The Morgan fingerprint density at radius 2 is 1.89 bits per heavy atom. The van der Waals surface area contributed by atoms with E-state index in [0.717, 1.165) is 10.1 Å². The summed E-state index contributed by atoms with van der Waals surface area (Å²) in [5.74, 6) is -0.356. The van der Waals surface area contributed by atoms with Gasteiger partial charge in [0, 0.05) is 17.3 Å². The third-order valence-corrected chi connectivity index (χ3v) is 4.47. The van der Waals surface area contributed by atoms with E-state index in [1.165, 1.54) is 10.6 Å². The second-order valence-corrected chi connectivity index (χ2v) is 6.84. The number of carbonyl (C=O) groups excluding carboxylic acids is 1. The molecule has 7 heteroatoms. The molecule has 2 aromatic carbocycles. The SMILES string of the molecule is CCCn1c(=O)c2ccc(Cl)cc2n(CC(=O)Nc2cccc(C)c2)c1=O. The number of benzene rings is 2. The molecule has 0 saturated carbocycles. The molecule has 0 atom stereocenters. The van der Waals surface area contributed by atoms with Gasteiger partial charge < -0.3 is 5.32 Å². The smallest absolute Gasteiger partial charge is 0.325 e. The molecular formula is C20H20ClN3O3. The van der Waals surface area contributed by atoms with Gasteiger partial charge in [0.15, 0.2) is 0 Å². The van der Waals surface area contributed by atoms with E-state index in [2.05, 4.69) is 5.32 Å². The van der Waals surface area contributed by atoms with Gasteiger partial charge in [-0.1, -0.05) is 30.7 Å². The molecule has 0 fully saturated rings. The Morgan fingerprint density at radius 1 is 1.11 bits per heavy atom. The van der Waals surface area contributed by atoms with Gasteiger partial charge in [-0.3, -0.25) is 18.7 Å². The Labute approximate surface area is 161 Å². The predicted molar refractivity (Wildman–Crippen MR) is 108 cm³/mol. The van der Waals surface area contributed by atoms with Gasteiger partial charge in [-0.05, 0) is 49.2 Å². The molecule has 3 rings (SSSR count). The number of fused-ring (bicyclic) bond motifs is 1. The minimum Gasteiger partial charge on any atom is -0.325 e. The van der Waals surface area contributed by atoms with Crippen molar-refractivity contribution in [3.05, 3.63) is 73.9 Å². The summed E-state index contributed by atoms with van der Waals surface area (Å²) in [6, 6.07) is 12.1. The normalized spacial score (nSPS) is 10.9. The van der Waals surface area contributed by atoms with Crippen LogP contribution in [0.5, 0.6) is 0 Å². The number of anilines is 1. The van der Waals surface area contributed by atoms with Gasteiger partial charge in [0.25, 0.3) is 5.56 Å². The Balaban J connectivity index is 2.06. The minimum absolute atomic E-state index is 0.215. The molecule has 0 radical (unpaired) electrons. The number of nitrogens with one attached hydrogen (secondary N) is 1. The summed E-state index contributed by atoms with van der Waals surface area (Å²) >= 11 is 6.06. The highest BCUT2D eigenvalue weighted by Crippen LogP contribution is 2.16. The molecule has 0 spiro atoms. The number of halogens is 1. The summed E-state index contributed by atoms with van der Waals surface area (Å²) in [5, 5.41) is 3.53. The maximum Gasteiger partial charge on any atom is 0.331 e. The van der Waals surface area contributed by atoms with Crippen LogP contribution in [0.15, 0.2) is 52.1 Å². The Bertz CT molecular complexity index is 1130. The van der Waals surface area contributed by atoms with Gasteiger partial charge >= 0.3 is 5.69 Å². The quantitative estimate of drug-likeness (QED) is 0.733. The first-order valence-electron chi connectivity index (χ1n) is 8.70. The zero-order chi connectivity index (χ0) is 19.6. The fraction of sp³-hybridized carbons (Fsp3) is 0.250. The number of aromatic nitrogens is 2. The molecule has 0 aliphatic carbocycles. The van der Waals surface area contributed by atoms with Crippen LogP contribution in [0, 0.1) is 6.92 Å². The molecule has 1 N–H and O–H groups in total. The highest BCUT2D eigenvalue weighted by Gasteiger charge is 2.15. The molecule has 1 amide bonds. The van der Waals surface area contributed by atoms with Gasteiger partial charge in [0.1, 0.15) is 6.54 Å². The number of hydrogen-bond donors (Lipinski definition) is 1. The molecule has 3 aromatic rings. The molecule has 0 saturated heterocycles. The van der Waals surface area contributed by atoms with Crippen LogP contribution >= 0.6 is 11.6 Å². The topological polar surface area (TPSA) is 73.1 Å². The highest BCUT2D eigenvalue weighted by molar-refractivity contribution is 6.31. The molecule has 0 aliphatic rings. The third-order valence-electron chi connectivity index (χ3n) is 4.24. The number of hydrogen-bond acceptors (Lipinski definition) is 3. The Morgan fingerprint density at radius 3 is 2.59 bits per heavy atom. The zero-order valence-corrected chi connectivity index (χ0v) is 15.9. The van der Waals surface area contributed by atoms with Crippen molar-refractivity contribution in [2.24, 2.45) is 0 Å². The Hall–Kier alpha value is -2.86. The largest absolute Gasteiger partial charge is 0.331 e. The fourth-order valence-electron chi connectivity index (χ4n) is 3.03. The number of carbonyl (C=O) groups is 1. The first-order valence-corrected chi connectivity index (χ1v) is 9.08. The second-order valence-electron chi connectivity index (χ2n) is 6.40. The van der Waals surface area contributed by atoms with E-state index >= 15 is 0 Å². The van der Waals surface area contributed by atoms with Crippen LogP contribution in [-0.2, 0) is 17.9 Å². The van der Waals surface area contributed by atoms with E-state index in [0.29, 0.717) is 28.0 Å². The highest BCUT2D eigenvalue weighted by atomic mass is 35.5. The van der Waals surface area contributed by atoms with Crippen LogP contribution in [0.1, 0.15) is 18.9 Å². The third kappa shape index (κ3) is 3.95. The number of nitrogens with zero attached hydrogens (tertiary/aromatic N) is 2. The van der Waals surface area contributed by atoms with Crippen LogP contribution in [0.3, 0.4) is 0 Å². The van der Waals surface area contributed by atoms with E-state index < -0.39 is 5.69 Å². The van der Waals surface area contributed by atoms with Gasteiger partial charge in [-0.2, -0.15) is 0 Å². The van der Waals surface area contributed by atoms with Crippen molar-refractivity contribution in [3.63, 3.8) is 0 Å². The summed E-state index contributed by atoms with van der Waals surface area (Å²) in [6.45, 7) is 3.88. The molecule has 0 bridgehead atoms. The minimum atomic E-state index is -0.518. The second kappa shape index (κ2) is 7.80. The van der Waals surface area contributed by atoms with Crippen molar-refractivity contribution in [2.45, 2.75) is 33.4 Å². The Kier molecular flexibility index (Phi) is 5.46. The molecule has 6 nitrogen and oxygen atoms in total. The number of amides is 1. The predicted octanol–water partition coefficient (Wildman–Crippen LogP) is 3.17. The van der Waals surface area contributed by atoms with E-state index in [9.17, 15) is 14.4 Å². The first-order chi connectivity index (χ1) is 12.9. The van der Waals surface area contributed by atoms with Crippen molar-refractivity contribution < 1.29 is 4.79 Å². The monoisotopic (exact) mass is 385 g/mol. The molecular weight excluding hydrogens is 366 g/mol. The maximum atomic E-state index is 12.8. The molecule has 27 heavy (non-hydrogen) atoms. The molecule has 0 aliphatic heterocycles. The van der Waals surface area contributed by atoms with Gasteiger partial charge in [0.05, 0.1) is 10.9 Å². The van der Waals surface area contributed by atoms with Gasteiger partial charge in [-0.15, -0.1) is 0 Å². The summed E-state index contributed by atoms with van der Waals surface area (Å²) in [6.07, 6.45) is 0.629. The maximum absolute atomic E-state index is 12.8. The molecule has 1 heterocycles. The zero-order valence-electron chi connectivity index (χ0n) is 15.2. The lowest BCUT2D eigenvalue weighted by atomic mass is 10.2. The van der Waals surface area contributed by atoms with E-state index in [4.69, 9.17) is 11.6 Å². The lowest BCUT2D eigenvalue weighted by Crippen LogP contribution is -2.41. The first kappa shape index (κ1) is 18.9. The fourth-order valence-corrected chi connectivity index (χ4v) is 3.20. The lowest BCUT2D eigenvalue weighted by Gasteiger charge is -2.14. The van der Waals surface area contributed by atoms with Crippen LogP contribution in [0.25, 0.3) is 10.9 Å². The van der Waals surface area contributed by atoms with Crippen molar-refractivity contribution >= 4 is 34.1 Å². The van der Waals surface area contributed by atoms with E-state index in [-0.39, 0.29) is 24.6 Å². The van der Waals surface area contributed by atoms with Crippen LogP contribution in [-0.4, -0.2) is 15.0 Å². The van der Waals surface area contributed by atoms with Crippen LogP contribution in [0.2, 0.25) is 5.02 Å².